The first-order valence-electron chi connectivity index (χ1n) is 9.89. The van der Waals surface area contributed by atoms with E-state index >= 15 is 0 Å². The first kappa shape index (κ1) is 18.8. The molecule has 0 unspecified atom stereocenters. The van der Waals surface area contributed by atoms with Crippen LogP contribution in [0.25, 0.3) is 0 Å². The van der Waals surface area contributed by atoms with Crippen LogP contribution in [0, 0.1) is 0 Å². The second-order valence-corrected chi connectivity index (χ2v) is 7.50. The fourth-order valence-electron chi connectivity index (χ4n) is 3.67. The van der Waals surface area contributed by atoms with E-state index in [0.29, 0.717) is 69.3 Å². The molecule has 0 saturated carbocycles. The number of nitrogens with zero attached hydrogens (tertiary/aromatic N) is 2. The van der Waals surface area contributed by atoms with Crippen molar-refractivity contribution in [1.29, 1.82) is 0 Å². The SMILES string of the molecule is O=C1NCCc2c(NCC3(O)CCOCC3)nc(CCc3ccccc3)nc21. The van der Waals surface area contributed by atoms with Crippen molar-refractivity contribution in [3.05, 3.63) is 53.0 Å². The lowest BCUT2D eigenvalue weighted by atomic mass is 9.94. The standard InChI is InChI=1S/C21H26N4O3/c26-20-18-16(8-11-22-20)19(23-14-21(27)9-12-28-13-10-21)25-17(24-18)7-6-15-4-2-1-3-5-15/h1-5,27H,6-14H2,(H,22,26)(H,23,24,25). The number of aryl methyl sites for hydroxylation is 2. The molecule has 2 aliphatic rings. The Hall–Kier alpha value is -2.51. The van der Waals surface area contributed by atoms with Crippen molar-refractivity contribution in [2.45, 2.75) is 37.7 Å². The molecular formula is C21H26N4O3. The van der Waals surface area contributed by atoms with E-state index in [0.717, 1.165) is 12.0 Å². The minimum absolute atomic E-state index is 0.155. The number of carbonyl (C=O) groups is 1. The Morgan fingerprint density at radius 3 is 2.71 bits per heavy atom. The summed E-state index contributed by atoms with van der Waals surface area (Å²) in [4.78, 5) is 21.6. The van der Waals surface area contributed by atoms with Crippen LogP contribution in [0.2, 0.25) is 0 Å². The van der Waals surface area contributed by atoms with Gasteiger partial charge in [0.05, 0.1) is 5.60 Å². The smallest absolute Gasteiger partial charge is 0.270 e. The van der Waals surface area contributed by atoms with Gasteiger partial charge in [0.25, 0.3) is 5.91 Å². The lowest BCUT2D eigenvalue weighted by Crippen LogP contribution is -2.43. The number of carbonyl (C=O) groups excluding carboxylic acids is 1. The normalized spacial score (nSPS) is 18.2. The molecule has 1 amide bonds. The second-order valence-electron chi connectivity index (χ2n) is 7.50. The summed E-state index contributed by atoms with van der Waals surface area (Å²) >= 11 is 0. The van der Waals surface area contributed by atoms with Gasteiger partial charge in [0, 0.05) is 51.1 Å². The van der Waals surface area contributed by atoms with Crippen LogP contribution >= 0.6 is 0 Å². The van der Waals surface area contributed by atoms with Gasteiger partial charge in [-0.05, 0) is 18.4 Å². The number of benzene rings is 1. The van der Waals surface area contributed by atoms with Gasteiger partial charge in [-0.1, -0.05) is 30.3 Å². The summed E-state index contributed by atoms with van der Waals surface area (Å²) in [5.41, 5.74) is 1.69. The number of aliphatic hydroxyl groups is 1. The van der Waals surface area contributed by atoms with Gasteiger partial charge in [0.15, 0.2) is 0 Å². The molecule has 1 aromatic heterocycles. The van der Waals surface area contributed by atoms with Crippen molar-refractivity contribution in [2.24, 2.45) is 0 Å². The summed E-state index contributed by atoms with van der Waals surface area (Å²) in [5, 5.41) is 16.9. The van der Waals surface area contributed by atoms with Crippen LogP contribution < -0.4 is 10.6 Å². The van der Waals surface area contributed by atoms with E-state index in [1.54, 1.807) is 0 Å². The molecule has 3 heterocycles. The lowest BCUT2D eigenvalue weighted by molar-refractivity contribution is -0.0543. The van der Waals surface area contributed by atoms with E-state index in [1.807, 2.05) is 18.2 Å². The number of anilines is 1. The molecule has 0 radical (unpaired) electrons. The van der Waals surface area contributed by atoms with Gasteiger partial charge >= 0.3 is 0 Å². The van der Waals surface area contributed by atoms with Crippen LogP contribution in [-0.4, -0.2) is 52.9 Å². The molecule has 1 aromatic carbocycles. The molecule has 0 spiro atoms. The highest BCUT2D eigenvalue weighted by Crippen LogP contribution is 2.25. The topological polar surface area (TPSA) is 96.4 Å². The Bertz CT molecular complexity index is 835. The van der Waals surface area contributed by atoms with Gasteiger partial charge in [-0.25, -0.2) is 9.97 Å². The predicted molar refractivity (Wildman–Crippen MR) is 105 cm³/mol. The van der Waals surface area contributed by atoms with Gasteiger partial charge in [-0.2, -0.15) is 0 Å². The maximum absolute atomic E-state index is 12.3. The van der Waals surface area contributed by atoms with Crippen molar-refractivity contribution in [1.82, 2.24) is 15.3 Å². The summed E-state index contributed by atoms with van der Waals surface area (Å²) in [7, 11) is 0. The molecule has 1 fully saturated rings. The van der Waals surface area contributed by atoms with E-state index in [9.17, 15) is 9.90 Å². The van der Waals surface area contributed by atoms with Gasteiger partial charge in [0.2, 0.25) is 0 Å². The van der Waals surface area contributed by atoms with Crippen LogP contribution in [0.4, 0.5) is 5.82 Å². The van der Waals surface area contributed by atoms with E-state index in [1.165, 1.54) is 5.56 Å². The van der Waals surface area contributed by atoms with Crippen molar-refractivity contribution < 1.29 is 14.6 Å². The molecular weight excluding hydrogens is 356 g/mol. The monoisotopic (exact) mass is 382 g/mol. The molecule has 2 aliphatic heterocycles. The van der Waals surface area contributed by atoms with Crippen LogP contribution in [0.1, 0.15) is 40.3 Å². The lowest BCUT2D eigenvalue weighted by Gasteiger charge is -2.32. The van der Waals surface area contributed by atoms with E-state index in [-0.39, 0.29) is 5.91 Å². The number of aromatic nitrogens is 2. The van der Waals surface area contributed by atoms with Crippen molar-refractivity contribution in [3.8, 4) is 0 Å². The third-order valence-electron chi connectivity index (χ3n) is 5.42. The van der Waals surface area contributed by atoms with E-state index in [2.05, 4.69) is 27.8 Å². The number of nitrogens with one attached hydrogen (secondary N) is 2. The molecule has 7 nitrogen and oxygen atoms in total. The Labute approximate surface area is 164 Å². The largest absolute Gasteiger partial charge is 0.388 e. The second kappa shape index (κ2) is 8.24. The molecule has 28 heavy (non-hydrogen) atoms. The third-order valence-corrected chi connectivity index (χ3v) is 5.42. The van der Waals surface area contributed by atoms with Crippen LogP contribution in [0.15, 0.2) is 30.3 Å². The molecule has 3 N–H and O–H groups in total. The molecule has 4 rings (SSSR count). The van der Waals surface area contributed by atoms with E-state index < -0.39 is 5.60 Å². The first-order valence-corrected chi connectivity index (χ1v) is 9.89. The third kappa shape index (κ3) is 4.31. The van der Waals surface area contributed by atoms with Crippen LogP contribution in [0.5, 0.6) is 0 Å². The number of amides is 1. The Balaban J connectivity index is 1.55. The van der Waals surface area contributed by atoms with Gasteiger partial charge in [-0.15, -0.1) is 0 Å². The van der Waals surface area contributed by atoms with Crippen LogP contribution in [0.3, 0.4) is 0 Å². The summed E-state index contributed by atoms with van der Waals surface area (Å²) in [6.07, 6.45) is 3.33. The zero-order chi connectivity index (χ0) is 19.4. The van der Waals surface area contributed by atoms with Gasteiger partial charge in [-0.3, -0.25) is 4.79 Å². The van der Waals surface area contributed by atoms with Gasteiger partial charge < -0.3 is 20.5 Å². The zero-order valence-electron chi connectivity index (χ0n) is 15.9. The zero-order valence-corrected chi connectivity index (χ0v) is 15.9. The van der Waals surface area contributed by atoms with Gasteiger partial charge in [0.1, 0.15) is 17.3 Å². The highest BCUT2D eigenvalue weighted by molar-refractivity contribution is 5.96. The summed E-state index contributed by atoms with van der Waals surface area (Å²) in [6.45, 7) is 2.08. The molecule has 0 aliphatic carbocycles. The number of fused-ring (bicyclic) bond motifs is 1. The van der Waals surface area contributed by atoms with E-state index in [4.69, 9.17) is 9.72 Å². The minimum atomic E-state index is -0.808. The van der Waals surface area contributed by atoms with Crippen molar-refractivity contribution in [2.75, 3.05) is 31.6 Å². The molecule has 0 atom stereocenters. The fraction of sp³-hybridized carbons (Fsp3) is 0.476. The summed E-state index contributed by atoms with van der Waals surface area (Å²) in [6, 6.07) is 10.2. The summed E-state index contributed by atoms with van der Waals surface area (Å²) < 4.78 is 5.35. The van der Waals surface area contributed by atoms with Crippen molar-refractivity contribution in [3.63, 3.8) is 0 Å². The molecule has 0 bridgehead atoms. The maximum atomic E-state index is 12.3. The van der Waals surface area contributed by atoms with Crippen LogP contribution in [-0.2, 0) is 24.0 Å². The number of ether oxygens (including phenoxy) is 1. The Kier molecular flexibility index (Phi) is 5.54. The quantitative estimate of drug-likeness (QED) is 0.701. The Morgan fingerprint density at radius 2 is 1.93 bits per heavy atom. The van der Waals surface area contributed by atoms with Crippen molar-refractivity contribution >= 4 is 11.7 Å². The summed E-state index contributed by atoms with van der Waals surface area (Å²) in [5.74, 6) is 1.15. The number of hydrogen-bond donors (Lipinski definition) is 3. The average Bonchev–Trinajstić information content (AvgIpc) is 2.72. The predicted octanol–water partition coefficient (Wildman–Crippen LogP) is 1.50. The molecule has 1 saturated heterocycles. The molecule has 7 heteroatoms. The highest BCUT2D eigenvalue weighted by Gasteiger charge is 2.31. The fourth-order valence-corrected chi connectivity index (χ4v) is 3.67. The molecule has 2 aromatic rings. The average molecular weight is 382 g/mol. The Morgan fingerprint density at radius 1 is 1.14 bits per heavy atom. The number of hydrogen-bond acceptors (Lipinski definition) is 6. The number of rotatable bonds is 6. The molecule has 148 valence electrons. The minimum Gasteiger partial charge on any atom is -0.388 e. The highest BCUT2D eigenvalue weighted by atomic mass is 16.5. The maximum Gasteiger partial charge on any atom is 0.270 e. The first-order chi connectivity index (χ1) is 13.6.